The summed E-state index contributed by atoms with van der Waals surface area (Å²) in [6.45, 7) is 2.41. The fourth-order valence-corrected chi connectivity index (χ4v) is 1.38. The molecule has 0 aromatic heterocycles. The van der Waals surface area contributed by atoms with Gasteiger partial charge < -0.3 is 21.7 Å². The van der Waals surface area contributed by atoms with Crippen LogP contribution in [0.1, 0.15) is 17.3 Å². The highest BCUT2D eigenvalue weighted by atomic mass is 16.2. The lowest BCUT2D eigenvalue weighted by Crippen LogP contribution is -2.38. The Morgan fingerprint density at radius 1 is 1.22 bits per heavy atom. The van der Waals surface area contributed by atoms with Gasteiger partial charge in [-0.1, -0.05) is 0 Å². The molecule has 6 heteroatoms. The number of carbonyl (C=O) groups excluding carboxylic acids is 2. The van der Waals surface area contributed by atoms with E-state index in [-0.39, 0.29) is 18.4 Å². The summed E-state index contributed by atoms with van der Waals surface area (Å²) >= 11 is 0. The largest absolute Gasteiger partial charge is 0.399 e. The van der Waals surface area contributed by atoms with Gasteiger partial charge in [0, 0.05) is 30.5 Å². The van der Waals surface area contributed by atoms with Crippen molar-refractivity contribution >= 4 is 23.2 Å². The van der Waals surface area contributed by atoms with Crippen molar-refractivity contribution in [3.63, 3.8) is 0 Å². The van der Waals surface area contributed by atoms with E-state index in [1.807, 2.05) is 6.92 Å². The average molecular weight is 250 g/mol. The van der Waals surface area contributed by atoms with Crippen molar-refractivity contribution in [2.75, 3.05) is 31.6 Å². The van der Waals surface area contributed by atoms with Crippen LogP contribution in [-0.4, -0.2) is 36.9 Å². The molecule has 5 N–H and O–H groups in total. The molecule has 6 nitrogen and oxygen atoms in total. The lowest BCUT2D eigenvalue weighted by atomic mass is 10.1. The Bertz CT molecular complexity index is 439. The molecule has 98 valence electrons. The van der Waals surface area contributed by atoms with E-state index in [4.69, 9.17) is 11.5 Å². The lowest BCUT2D eigenvalue weighted by molar-refractivity contribution is -0.128. The molecule has 0 spiro atoms. The molecule has 0 saturated carbocycles. The first kappa shape index (κ1) is 13.8. The van der Waals surface area contributed by atoms with Crippen LogP contribution in [0.3, 0.4) is 0 Å². The summed E-state index contributed by atoms with van der Waals surface area (Å²) in [5.41, 5.74) is 12.4. The highest BCUT2D eigenvalue weighted by molar-refractivity contribution is 5.98. The molecule has 1 aromatic carbocycles. The summed E-state index contributed by atoms with van der Waals surface area (Å²) in [5, 5.41) is 2.53. The van der Waals surface area contributed by atoms with E-state index in [9.17, 15) is 9.59 Å². The lowest BCUT2D eigenvalue weighted by Gasteiger charge is -2.14. The van der Waals surface area contributed by atoms with Gasteiger partial charge in [0.05, 0.1) is 6.54 Å². The van der Waals surface area contributed by atoms with Crippen molar-refractivity contribution in [3.8, 4) is 0 Å². The molecular formula is C12H18N4O2. The summed E-state index contributed by atoms with van der Waals surface area (Å²) < 4.78 is 0. The molecule has 18 heavy (non-hydrogen) atoms. The maximum Gasteiger partial charge on any atom is 0.251 e. The Labute approximate surface area is 106 Å². The Kier molecular flexibility index (Phi) is 4.53. The van der Waals surface area contributed by atoms with Gasteiger partial charge in [0.25, 0.3) is 5.91 Å². The van der Waals surface area contributed by atoms with E-state index in [1.54, 1.807) is 13.1 Å². The van der Waals surface area contributed by atoms with Crippen LogP contribution in [0.4, 0.5) is 11.4 Å². The van der Waals surface area contributed by atoms with Gasteiger partial charge in [0.15, 0.2) is 0 Å². The zero-order chi connectivity index (χ0) is 13.7. The monoisotopic (exact) mass is 250 g/mol. The van der Waals surface area contributed by atoms with E-state index in [0.717, 1.165) is 0 Å². The fourth-order valence-electron chi connectivity index (χ4n) is 1.38. The zero-order valence-electron chi connectivity index (χ0n) is 10.6. The Hall–Kier alpha value is -2.24. The Morgan fingerprint density at radius 2 is 1.78 bits per heavy atom. The quantitative estimate of drug-likeness (QED) is 0.657. The van der Waals surface area contributed by atoms with Gasteiger partial charge in [-0.15, -0.1) is 0 Å². The van der Waals surface area contributed by atoms with Gasteiger partial charge in [-0.25, -0.2) is 0 Å². The first-order chi connectivity index (χ1) is 8.43. The number of rotatable bonds is 4. The number of hydrogen-bond donors (Lipinski definition) is 3. The number of nitrogen functional groups attached to an aromatic ring is 2. The molecular weight excluding hydrogens is 232 g/mol. The minimum atomic E-state index is -0.369. The first-order valence-corrected chi connectivity index (χ1v) is 5.62. The number of hydrogen-bond acceptors (Lipinski definition) is 4. The molecule has 0 fully saturated rings. The molecule has 0 unspecified atom stereocenters. The number of carbonyl (C=O) groups is 2. The predicted octanol–water partition coefficient (Wildman–Crippen LogP) is 0.0591. The minimum absolute atomic E-state index is 0.0438. The van der Waals surface area contributed by atoms with Crippen LogP contribution in [0.15, 0.2) is 18.2 Å². The number of likely N-dealkylation sites (N-methyl/N-ethyl adjacent to an activating group) is 1. The van der Waals surface area contributed by atoms with Crippen molar-refractivity contribution < 1.29 is 9.59 Å². The highest BCUT2D eigenvalue weighted by Crippen LogP contribution is 2.13. The van der Waals surface area contributed by atoms with Crippen LogP contribution in [0, 0.1) is 0 Å². The van der Waals surface area contributed by atoms with Gasteiger partial charge in [-0.2, -0.15) is 0 Å². The summed E-state index contributed by atoms with van der Waals surface area (Å²) in [6, 6.07) is 4.59. The third kappa shape index (κ3) is 3.65. The standard InChI is InChI=1S/C12H18N4O2/c1-3-16(2)11(17)7-15-12(18)8-4-9(13)6-10(14)5-8/h4-6H,3,7,13-14H2,1-2H3,(H,15,18). The second-order valence-corrected chi connectivity index (χ2v) is 3.98. The third-order valence-electron chi connectivity index (χ3n) is 2.54. The van der Waals surface area contributed by atoms with Crippen LogP contribution in [0.5, 0.6) is 0 Å². The van der Waals surface area contributed by atoms with Crippen molar-refractivity contribution in [1.29, 1.82) is 0 Å². The SMILES string of the molecule is CCN(C)C(=O)CNC(=O)c1cc(N)cc(N)c1. The normalized spacial score (nSPS) is 9.89. The molecule has 0 atom stereocenters. The van der Waals surface area contributed by atoms with E-state index < -0.39 is 0 Å². The smallest absolute Gasteiger partial charge is 0.251 e. The molecule has 2 amide bonds. The van der Waals surface area contributed by atoms with Crippen molar-refractivity contribution in [1.82, 2.24) is 10.2 Å². The van der Waals surface area contributed by atoms with Gasteiger partial charge in [0.2, 0.25) is 5.91 Å². The molecule has 1 aromatic rings. The highest BCUT2D eigenvalue weighted by Gasteiger charge is 2.11. The van der Waals surface area contributed by atoms with Crippen molar-refractivity contribution in [2.24, 2.45) is 0 Å². The van der Waals surface area contributed by atoms with Gasteiger partial charge in [0.1, 0.15) is 0 Å². The van der Waals surface area contributed by atoms with E-state index >= 15 is 0 Å². The molecule has 1 rings (SSSR count). The van der Waals surface area contributed by atoms with Crippen LogP contribution < -0.4 is 16.8 Å². The van der Waals surface area contributed by atoms with Gasteiger partial charge in [-0.05, 0) is 25.1 Å². The second kappa shape index (κ2) is 5.90. The Balaban J connectivity index is 2.63. The molecule has 0 saturated heterocycles. The van der Waals surface area contributed by atoms with E-state index in [1.165, 1.54) is 17.0 Å². The molecule has 0 aliphatic heterocycles. The number of nitrogens with zero attached hydrogens (tertiary/aromatic N) is 1. The minimum Gasteiger partial charge on any atom is -0.399 e. The molecule has 0 heterocycles. The van der Waals surface area contributed by atoms with Gasteiger partial charge >= 0.3 is 0 Å². The summed E-state index contributed by atoms with van der Waals surface area (Å²) in [7, 11) is 1.67. The number of amides is 2. The topological polar surface area (TPSA) is 101 Å². The number of nitrogens with two attached hydrogens (primary N) is 2. The predicted molar refractivity (Wildman–Crippen MR) is 70.9 cm³/mol. The van der Waals surface area contributed by atoms with E-state index in [0.29, 0.717) is 23.5 Å². The van der Waals surface area contributed by atoms with Gasteiger partial charge in [-0.3, -0.25) is 9.59 Å². The Morgan fingerprint density at radius 3 is 2.28 bits per heavy atom. The first-order valence-electron chi connectivity index (χ1n) is 5.62. The third-order valence-corrected chi connectivity index (χ3v) is 2.54. The summed E-state index contributed by atoms with van der Waals surface area (Å²) in [4.78, 5) is 24.8. The van der Waals surface area contributed by atoms with Crippen LogP contribution in [-0.2, 0) is 4.79 Å². The average Bonchev–Trinajstić information content (AvgIpc) is 2.33. The molecule has 0 aliphatic carbocycles. The number of nitrogens with one attached hydrogen (secondary N) is 1. The van der Waals surface area contributed by atoms with Crippen LogP contribution >= 0.6 is 0 Å². The molecule has 0 bridgehead atoms. The molecule has 0 aliphatic rings. The van der Waals surface area contributed by atoms with Crippen LogP contribution in [0.2, 0.25) is 0 Å². The maximum absolute atomic E-state index is 11.8. The second-order valence-electron chi connectivity index (χ2n) is 3.98. The number of benzene rings is 1. The van der Waals surface area contributed by atoms with Crippen molar-refractivity contribution in [3.05, 3.63) is 23.8 Å². The van der Waals surface area contributed by atoms with E-state index in [2.05, 4.69) is 5.32 Å². The molecule has 0 radical (unpaired) electrons. The van der Waals surface area contributed by atoms with Crippen molar-refractivity contribution in [2.45, 2.75) is 6.92 Å². The zero-order valence-corrected chi connectivity index (χ0v) is 10.6. The fraction of sp³-hybridized carbons (Fsp3) is 0.333. The maximum atomic E-state index is 11.8. The number of anilines is 2. The van der Waals surface area contributed by atoms with Crippen LogP contribution in [0.25, 0.3) is 0 Å². The summed E-state index contributed by atoms with van der Waals surface area (Å²) in [5.74, 6) is -0.519. The summed E-state index contributed by atoms with van der Waals surface area (Å²) in [6.07, 6.45) is 0.